The van der Waals surface area contributed by atoms with Crippen LogP contribution in [0.15, 0.2) is 18.2 Å². The number of Topliss-reactive ketones (excluding diaryl/α,β-unsaturated/α-hetero) is 1. The van der Waals surface area contributed by atoms with Crippen LogP contribution in [0.1, 0.15) is 37.0 Å². The van der Waals surface area contributed by atoms with Crippen LogP contribution < -0.4 is 16.4 Å². The number of anilines is 2. The summed E-state index contributed by atoms with van der Waals surface area (Å²) in [6, 6.07) is 5.75. The Balaban J connectivity index is 2.31. The van der Waals surface area contributed by atoms with Crippen LogP contribution in [0.3, 0.4) is 0 Å². The fourth-order valence-electron chi connectivity index (χ4n) is 2.73. The number of amides is 1. The van der Waals surface area contributed by atoms with Gasteiger partial charge in [-0.2, -0.15) is 0 Å². The molecular formula is C15H21N3O2. The zero-order valence-corrected chi connectivity index (χ0v) is 11.9. The van der Waals surface area contributed by atoms with E-state index < -0.39 is 0 Å². The van der Waals surface area contributed by atoms with E-state index >= 15 is 0 Å². The SMILES string of the molecule is CC(=O)c1cc(N2CC(C(N)=O)CCC2C)ccc1N. The van der Waals surface area contributed by atoms with Gasteiger partial charge in [0.1, 0.15) is 0 Å². The van der Waals surface area contributed by atoms with Gasteiger partial charge in [-0.25, -0.2) is 0 Å². The summed E-state index contributed by atoms with van der Waals surface area (Å²) in [4.78, 5) is 25.1. The first-order chi connectivity index (χ1) is 9.40. The van der Waals surface area contributed by atoms with E-state index in [1.54, 1.807) is 12.1 Å². The minimum Gasteiger partial charge on any atom is -0.398 e. The number of nitrogens with zero attached hydrogens (tertiary/aromatic N) is 1. The predicted octanol–water partition coefficient (Wildman–Crippen LogP) is 1.56. The van der Waals surface area contributed by atoms with Crippen LogP contribution in [0, 0.1) is 5.92 Å². The molecular weight excluding hydrogens is 254 g/mol. The Kier molecular flexibility index (Phi) is 3.97. The van der Waals surface area contributed by atoms with Crippen LogP contribution >= 0.6 is 0 Å². The summed E-state index contributed by atoms with van der Waals surface area (Å²) >= 11 is 0. The van der Waals surface area contributed by atoms with Crippen molar-refractivity contribution in [2.75, 3.05) is 17.2 Å². The number of nitrogens with two attached hydrogens (primary N) is 2. The number of rotatable bonds is 3. The zero-order chi connectivity index (χ0) is 14.9. The van der Waals surface area contributed by atoms with Crippen LogP contribution in [-0.4, -0.2) is 24.3 Å². The summed E-state index contributed by atoms with van der Waals surface area (Å²) in [5.74, 6) is -0.450. The normalized spacial score (nSPS) is 22.6. The lowest BCUT2D eigenvalue weighted by Gasteiger charge is -2.38. The standard InChI is InChI=1S/C15H21N3O2/c1-9-3-4-11(15(17)20)8-18(9)12-5-6-14(16)13(7-12)10(2)19/h5-7,9,11H,3-4,8,16H2,1-2H3,(H2,17,20). The molecule has 0 saturated carbocycles. The monoisotopic (exact) mass is 275 g/mol. The van der Waals surface area contributed by atoms with E-state index in [1.807, 2.05) is 6.07 Å². The first-order valence-corrected chi connectivity index (χ1v) is 6.86. The molecule has 5 heteroatoms. The zero-order valence-electron chi connectivity index (χ0n) is 11.9. The third kappa shape index (κ3) is 2.76. The maximum atomic E-state index is 11.6. The molecule has 2 rings (SSSR count). The molecule has 0 aromatic heterocycles. The average molecular weight is 275 g/mol. The van der Waals surface area contributed by atoms with Crippen LogP contribution in [-0.2, 0) is 4.79 Å². The van der Waals surface area contributed by atoms with Crippen molar-refractivity contribution in [1.29, 1.82) is 0 Å². The van der Waals surface area contributed by atoms with Gasteiger partial charge in [0.05, 0.1) is 5.92 Å². The minimum absolute atomic E-state index is 0.0551. The van der Waals surface area contributed by atoms with Gasteiger partial charge in [0.25, 0.3) is 0 Å². The third-order valence-electron chi connectivity index (χ3n) is 4.03. The van der Waals surface area contributed by atoms with E-state index in [2.05, 4.69) is 11.8 Å². The van der Waals surface area contributed by atoms with Crippen LogP contribution in [0.4, 0.5) is 11.4 Å². The van der Waals surface area contributed by atoms with Gasteiger partial charge in [-0.05, 0) is 44.9 Å². The molecule has 0 spiro atoms. The fourth-order valence-corrected chi connectivity index (χ4v) is 2.73. The average Bonchev–Trinajstić information content (AvgIpc) is 2.39. The molecule has 1 amide bonds. The van der Waals surface area contributed by atoms with E-state index in [9.17, 15) is 9.59 Å². The molecule has 1 aliphatic rings. The van der Waals surface area contributed by atoms with Crippen molar-refractivity contribution in [2.45, 2.75) is 32.7 Å². The highest BCUT2D eigenvalue weighted by atomic mass is 16.1. The van der Waals surface area contributed by atoms with Gasteiger partial charge >= 0.3 is 0 Å². The summed E-state index contributed by atoms with van der Waals surface area (Å²) in [7, 11) is 0. The number of benzene rings is 1. The van der Waals surface area contributed by atoms with Crippen molar-refractivity contribution >= 4 is 23.1 Å². The molecule has 2 atom stereocenters. The quantitative estimate of drug-likeness (QED) is 0.647. The van der Waals surface area contributed by atoms with Crippen molar-refractivity contribution in [1.82, 2.24) is 0 Å². The molecule has 1 aliphatic heterocycles. The summed E-state index contributed by atoms with van der Waals surface area (Å²) in [5, 5.41) is 0. The van der Waals surface area contributed by atoms with E-state index in [1.165, 1.54) is 6.92 Å². The second-order valence-corrected chi connectivity index (χ2v) is 5.51. The van der Waals surface area contributed by atoms with Gasteiger partial charge in [-0.1, -0.05) is 0 Å². The van der Waals surface area contributed by atoms with Crippen LogP contribution in [0.25, 0.3) is 0 Å². The first kappa shape index (κ1) is 14.4. The third-order valence-corrected chi connectivity index (χ3v) is 4.03. The van der Waals surface area contributed by atoms with Gasteiger partial charge < -0.3 is 16.4 Å². The van der Waals surface area contributed by atoms with Crippen molar-refractivity contribution in [3.05, 3.63) is 23.8 Å². The smallest absolute Gasteiger partial charge is 0.222 e. The Morgan fingerprint density at radius 2 is 2.00 bits per heavy atom. The van der Waals surface area contributed by atoms with Crippen LogP contribution in [0.2, 0.25) is 0 Å². The number of hydrogen-bond donors (Lipinski definition) is 2. The molecule has 1 saturated heterocycles. The molecule has 4 N–H and O–H groups in total. The summed E-state index contributed by atoms with van der Waals surface area (Å²) < 4.78 is 0. The highest BCUT2D eigenvalue weighted by Crippen LogP contribution is 2.29. The molecule has 20 heavy (non-hydrogen) atoms. The number of carbonyl (C=O) groups excluding carboxylic acids is 2. The fraction of sp³-hybridized carbons (Fsp3) is 0.467. The highest BCUT2D eigenvalue weighted by Gasteiger charge is 2.29. The van der Waals surface area contributed by atoms with Crippen molar-refractivity contribution < 1.29 is 9.59 Å². The van der Waals surface area contributed by atoms with E-state index in [0.29, 0.717) is 23.8 Å². The number of nitrogen functional groups attached to an aromatic ring is 1. The van der Waals surface area contributed by atoms with E-state index in [4.69, 9.17) is 11.5 Å². The van der Waals surface area contributed by atoms with Crippen LogP contribution in [0.5, 0.6) is 0 Å². The summed E-state index contributed by atoms with van der Waals surface area (Å²) in [6.07, 6.45) is 1.73. The van der Waals surface area contributed by atoms with E-state index in [0.717, 1.165) is 18.5 Å². The van der Waals surface area contributed by atoms with Gasteiger partial charge in [-0.15, -0.1) is 0 Å². The summed E-state index contributed by atoms with van der Waals surface area (Å²) in [6.45, 7) is 4.21. The Bertz CT molecular complexity index is 542. The second-order valence-electron chi connectivity index (χ2n) is 5.51. The van der Waals surface area contributed by atoms with Gasteiger partial charge in [0, 0.05) is 29.5 Å². The highest BCUT2D eigenvalue weighted by molar-refractivity contribution is 6.00. The maximum Gasteiger partial charge on any atom is 0.222 e. The van der Waals surface area contributed by atoms with Gasteiger partial charge in [-0.3, -0.25) is 9.59 Å². The Morgan fingerprint density at radius 1 is 1.30 bits per heavy atom. The number of primary amides is 1. The molecule has 108 valence electrons. The Morgan fingerprint density at radius 3 is 2.60 bits per heavy atom. The number of ketones is 1. The lowest BCUT2D eigenvalue weighted by molar-refractivity contribution is -0.122. The molecule has 1 aromatic carbocycles. The molecule has 5 nitrogen and oxygen atoms in total. The molecule has 1 aromatic rings. The molecule has 1 heterocycles. The minimum atomic E-state index is -0.260. The molecule has 0 radical (unpaired) electrons. The predicted molar refractivity (Wildman–Crippen MR) is 79.6 cm³/mol. The lowest BCUT2D eigenvalue weighted by Crippen LogP contribution is -2.46. The first-order valence-electron chi connectivity index (χ1n) is 6.86. The molecule has 0 bridgehead atoms. The van der Waals surface area contributed by atoms with Gasteiger partial charge in [0.2, 0.25) is 5.91 Å². The molecule has 1 fully saturated rings. The topological polar surface area (TPSA) is 89.4 Å². The van der Waals surface area contributed by atoms with Crippen molar-refractivity contribution in [2.24, 2.45) is 11.7 Å². The number of carbonyl (C=O) groups is 2. The maximum absolute atomic E-state index is 11.6. The van der Waals surface area contributed by atoms with Gasteiger partial charge in [0.15, 0.2) is 5.78 Å². The van der Waals surface area contributed by atoms with E-state index in [-0.39, 0.29) is 17.6 Å². The summed E-state index contributed by atoms with van der Waals surface area (Å²) in [5.41, 5.74) is 13.2. The largest absolute Gasteiger partial charge is 0.398 e. The number of hydrogen-bond acceptors (Lipinski definition) is 4. The number of piperidine rings is 1. The molecule has 2 unspecified atom stereocenters. The lowest BCUT2D eigenvalue weighted by atomic mass is 9.92. The van der Waals surface area contributed by atoms with Crippen molar-refractivity contribution in [3.63, 3.8) is 0 Å². The molecule has 0 aliphatic carbocycles. The Hall–Kier alpha value is -2.04. The Labute approximate surface area is 118 Å². The van der Waals surface area contributed by atoms with Crippen molar-refractivity contribution in [3.8, 4) is 0 Å². The second kappa shape index (κ2) is 5.53.